The Morgan fingerprint density at radius 1 is 1.38 bits per heavy atom. The van der Waals surface area contributed by atoms with Gasteiger partial charge in [-0.25, -0.2) is 4.79 Å². The van der Waals surface area contributed by atoms with Crippen LogP contribution in [0.3, 0.4) is 0 Å². The molecule has 0 saturated heterocycles. The van der Waals surface area contributed by atoms with E-state index in [9.17, 15) is 9.59 Å². The number of carboxylic acid groups (broad SMARTS) is 1. The fraction of sp³-hybridized carbons (Fsp3) is 0.500. The molecule has 1 saturated carbocycles. The van der Waals surface area contributed by atoms with Gasteiger partial charge in [-0.3, -0.25) is 4.79 Å². The molecular weight excluding hydrogens is 308 g/mol. The average Bonchev–Trinajstić information content (AvgIpc) is 2.51. The van der Waals surface area contributed by atoms with E-state index in [0.29, 0.717) is 18.9 Å². The lowest BCUT2D eigenvalue weighted by Crippen LogP contribution is -2.35. The Kier molecular flexibility index (Phi) is 5.59. The molecule has 6 nitrogen and oxygen atoms in total. The van der Waals surface area contributed by atoms with E-state index in [1.165, 1.54) is 19.4 Å². The number of hydrogen-bond acceptors (Lipinski definition) is 4. The summed E-state index contributed by atoms with van der Waals surface area (Å²) in [5, 5.41) is 15.8. The molecule has 2 N–H and O–H groups in total. The second kappa shape index (κ2) is 7.47. The van der Waals surface area contributed by atoms with Gasteiger partial charge in [0.25, 0.3) is 0 Å². The summed E-state index contributed by atoms with van der Waals surface area (Å²) < 4.78 is 0. The Morgan fingerprint density at radius 2 is 2.04 bits per heavy atom. The van der Waals surface area contributed by atoms with Gasteiger partial charge in [0, 0.05) is 12.5 Å². The van der Waals surface area contributed by atoms with Crippen LogP contribution in [-0.4, -0.2) is 28.8 Å². The van der Waals surface area contributed by atoms with Gasteiger partial charge in [-0.15, -0.1) is 0 Å². The van der Waals surface area contributed by atoms with E-state index in [4.69, 9.17) is 9.94 Å². The van der Waals surface area contributed by atoms with E-state index in [1.807, 2.05) is 19.1 Å². The molecule has 0 spiro atoms. The molecule has 130 valence electrons. The largest absolute Gasteiger partial charge is 0.478 e. The molecule has 1 amide bonds. The maximum Gasteiger partial charge on any atom is 0.350 e. The summed E-state index contributed by atoms with van der Waals surface area (Å²) >= 11 is 0. The van der Waals surface area contributed by atoms with Gasteiger partial charge >= 0.3 is 5.97 Å². The van der Waals surface area contributed by atoms with Crippen LogP contribution in [0.1, 0.15) is 50.7 Å². The second-order valence-corrected chi connectivity index (χ2v) is 6.67. The van der Waals surface area contributed by atoms with Crippen molar-refractivity contribution in [3.63, 3.8) is 0 Å². The predicted molar refractivity (Wildman–Crippen MR) is 90.7 cm³/mol. The lowest BCUT2D eigenvalue weighted by molar-refractivity contribution is -0.161. The summed E-state index contributed by atoms with van der Waals surface area (Å²) in [7, 11) is 0. The minimum absolute atomic E-state index is 0.272. The average molecular weight is 332 g/mol. The van der Waals surface area contributed by atoms with E-state index < -0.39 is 11.6 Å². The summed E-state index contributed by atoms with van der Waals surface area (Å²) in [5.41, 5.74) is 1.78. The second-order valence-electron chi connectivity index (χ2n) is 6.67. The van der Waals surface area contributed by atoms with E-state index in [-0.39, 0.29) is 5.92 Å². The number of carboxylic acids is 1. The van der Waals surface area contributed by atoms with Gasteiger partial charge in [0.1, 0.15) is 0 Å². The van der Waals surface area contributed by atoms with Crippen LogP contribution in [0.15, 0.2) is 29.4 Å². The normalized spacial score (nSPS) is 20.9. The Hall–Kier alpha value is -2.37. The van der Waals surface area contributed by atoms with Gasteiger partial charge < -0.3 is 15.3 Å². The molecule has 2 rings (SSSR count). The number of rotatable bonds is 8. The van der Waals surface area contributed by atoms with Crippen molar-refractivity contribution in [2.24, 2.45) is 11.1 Å². The first kappa shape index (κ1) is 18.0. The zero-order valence-corrected chi connectivity index (χ0v) is 14.3. The van der Waals surface area contributed by atoms with Crippen LogP contribution in [-0.2, 0) is 21.0 Å². The molecule has 1 aliphatic rings. The van der Waals surface area contributed by atoms with Crippen molar-refractivity contribution in [1.29, 1.82) is 0 Å². The smallest absolute Gasteiger partial charge is 0.350 e. The van der Waals surface area contributed by atoms with Crippen LogP contribution in [0.25, 0.3) is 0 Å². The quantitative estimate of drug-likeness (QED) is 0.435. The molecule has 1 aliphatic carbocycles. The molecule has 0 bridgehead atoms. The molecule has 24 heavy (non-hydrogen) atoms. The fourth-order valence-corrected chi connectivity index (χ4v) is 2.73. The molecule has 6 heteroatoms. The van der Waals surface area contributed by atoms with Crippen molar-refractivity contribution in [2.75, 3.05) is 0 Å². The highest BCUT2D eigenvalue weighted by Gasteiger charge is 2.35. The highest BCUT2D eigenvalue weighted by Crippen LogP contribution is 2.43. The Bertz CT molecular complexity index is 622. The zero-order chi connectivity index (χ0) is 17.7. The Balaban J connectivity index is 2.00. The van der Waals surface area contributed by atoms with Crippen LogP contribution < -0.4 is 5.32 Å². The third-order valence-electron chi connectivity index (χ3n) is 4.54. The number of carbonyl (C=O) groups is 2. The van der Waals surface area contributed by atoms with Crippen molar-refractivity contribution in [2.45, 2.75) is 51.7 Å². The SMILES string of the molecule is C/C(=N\OC(C)(C)C(=O)O)C1CCC1c1ccc(CNC=O)cc1. The molecule has 0 radical (unpaired) electrons. The molecule has 0 heterocycles. The molecule has 1 fully saturated rings. The summed E-state index contributed by atoms with van der Waals surface area (Å²) in [4.78, 5) is 26.6. The first-order valence-corrected chi connectivity index (χ1v) is 8.07. The van der Waals surface area contributed by atoms with Crippen LogP contribution in [0.2, 0.25) is 0 Å². The third kappa shape index (κ3) is 4.13. The van der Waals surface area contributed by atoms with Crippen molar-refractivity contribution < 1.29 is 19.5 Å². The summed E-state index contributed by atoms with van der Waals surface area (Å²) in [6.07, 6.45) is 2.78. The molecule has 0 aliphatic heterocycles. The predicted octanol–water partition coefficient (Wildman–Crippen LogP) is 2.68. The Labute approximate surface area is 141 Å². The van der Waals surface area contributed by atoms with Crippen molar-refractivity contribution in [1.82, 2.24) is 5.32 Å². The van der Waals surface area contributed by atoms with Gasteiger partial charge in [-0.2, -0.15) is 0 Å². The van der Waals surface area contributed by atoms with Gasteiger partial charge in [0.2, 0.25) is 12.0 Å². The van der Waals surface area contributed by atoms with Crippen molar-refractivity contribution in [3.8, 4) is 0 Å². The van der Waals surface area contributed by atoms with Crippen LogP contribution >= 0.6 is 0 Å². The number of nitrogens with zero attached hydrogens (tertiary/aromatic N) is 1. The topological polar surface area (TPSA) is 88.0 Å². The lowest BCUT2D eigenvalue weighted by Gasteiger charge is -2.37. The fourth-order valence-electron chi connectivity index (χ4n) is 2.73. The number of oxime groups is 1. The van der Waals surface area contributed by atoms with Gasteiger partial charge in [0.05, 0.1) is 5.71 Å². The van der Waals surface area contributed by atoms with E-state index in [0.717, 1.165) is 24.1 Å². The number of carbonyl (C=O) groups excluding carboxylic acids is 1. The number of nitrogens with one attached hydrogen (secondary N) is 1. The first-order valence-electron chi connectivity index (χ1n) is 8.07. The van der Waals surface area contributed by atoms with E-state index in [2.05, 4.69) is 22.6 Å². The van der Waals surface area contributed by atoms with E-state index >= 15 is 0 Å². The Morgan fingerprint density at radius 3 is 2.54 bits per heavy atom. The number of amides is 1. The minimum atomic E-state index is -1.33. The number of benzene rings is 1. The van der Waals surface area contributed by atoms with Crippen molar-refractivity contribution in [3.05, 3.63) is 35.4 Å². The molecule has 1 aromatic rings. The lowest BCUT2D eigenvalue weighted by atomic mass is 9.68. The van der Waals surface area contributed by atoms with E-state index in [1.54, 1.807) is 0 Å². The van der Waals surface area contributed by atoms with Crippen LogP contribution in [0, 0.1) is 5.92 Å². The molecular formula is C18H24N2O4. The molecule has 2 unspecified atom stereocenters. The summed E-state index contributed by atoms with van der Waals surface area (Å²) in [6, 6.07) is 8.18. The van der Waals surface area contributed by atoms with Gasteiger partial charge in [-0.1, -0.05) is 29.4 Å². The molecule has 2 atom stereocenters. The number of hydrogen-bond donors (Lipinski definition) is 2. The van der Waals surface area contributed by atoms with Gasteiger partial charge in [-0.05, 0) is 50.7 Å². The maximum atomic E-state index is 11.1. The monoisotopic (exact) mass is 332 g/mol. The summed E-state index contributed by atoms with van der Waals surface area (Å²) in [5.74, 6) is -0.393. The van der Waals surface area contributed by atoms with Gasteiger partial charge in [0.15, 0.2) is 0 Å². The third-order valence-corrected chi connectivity index (χ3v) is 4.54. The highest BCUT2D eigenvalue weighted by molar-refractivity contribution is 5.86. The molecule has 0 aromatic heterocycles. The standard InChI is InChI=1S/C18H24N2O4/c1-12(20-24-18(2,3)17(22)23)15-8-9-16(15)14-6-4-13(5-7-14)10-19-11-21/h4-7,11,15-16H,8-10H2,1-3H3,(H,19,21)(H,22,23)/b20-12+. The maximum absolute atomic E-state index is 11.1. The minimum Gasteiger partial charge on any atom is -0.478 e. The summed E-state index contributed by atoms with van der Waals surface area (Å²) in [6.45, 7) is 5.38. The first-order chi connectivity index (χ1) is 11.3. The van der Waals surface area contributed by atoms with Crippen LogP contribution in [0.5, 0.6) is 0 Å². The zero-order valence-electron chi connectivity index (χ0n) is 14.3. The van der Waals surface area contributed by atoms with Crippen molar-refractivity contribution >= 4 is 18.1 Å². The van der Waals surface area contributed by atoms with Crippen LogP contribution in [0.4, 0.5) is 0 Å². The number of aliphatic carboxylic acids is 1. The highest BCUT2D eigenvalue weighted by atomic mass is 16.7. The molecule has 1 aromatic carbocycles.